The van der Waals surface area contributed by atoms with Crippen LogP contribution in [0.25, 0.3) is 5.69 Å². The number of carbonyl (C=O) groups is 1. The summed E-state index contributed by atoms with van der Waals surface area (Å²) in [5.74, 6) is 1.01. The Morgan fingerprint density at radius 3 is 2.79 bits per heavy atom. The topological polar surface area (TPSA) is 91.2 Å². The lowest BCUT2D eigenvalue weighted by atomic mass is 10.1. The second-order valence-electron chi connectivity index (χ2n) is 5.93. The van der Waals surface area contributed by atoms with E-state index in [1.807, 2.05) is 25.1 Å². The fraction of sp³-hybridized carbons (Fsp3) is 0.263. The molecule has 3 rings (SSSR count). The molecule has 0 spiro atoms. The van der Waals surface area contributed by atoms with Crippen LogP contribution >= 0.6 is 11.6 Å². The number of halogens is 1. The maximum Gasteiger partial charge on any atom is 0.253 e. The summed E-state index contributed by atoms with van der Waals surface area (Å²) in [6, 6.07) is 10.5. The third kappa shape index (κ3) is 4.58. The number of aromatic nitrogens is 4. The molecule has 0 saturated carbocycles. The first-order chi connectivity index (χ1) is 13.6. The summed E-state index contributed by atoms with van der Waals surface area (Å²) in [5, 5.41) is 14.4. The van der Waals surface area contributed by atoms with Crippen molar-refractivity contribution < 1.29 is 14.3 Å². The first-order valence-electron chi connectivity index (χ1n) is 8.73. The lowest BCUT2D eigenvalue weighted by molar-refractivity contribution is 0.0950. The molecule has 0 radical (unpaired) electrons. The van der Waals surface area contributed by atoms with Gasteiger partial charge in [-0.05, 0) is 52.7 Å². The van der Waals surface area contributed by atoms with E-state index in [1.54, 1.807) is 25.3 Å². The van der Waals surface area contributed by atoms with E-state index in [4.69, 9.17) is 21.1 Å². The second kappa shape index (κ2) is 9.18. The van der Waals surface area contributed by atoms with Crippen molar-refractivity contribution in [3.8, 4) is 17.2 Å². The number of amides is 1. The van der Waals surface area contributed by atoms with Crippen LogP contribution in [0.2, 0.25) is 5.02 Å². The number of hydrogen-bond acceptors (Lipinski definition) is 6. The monoisotopic (exact) mass is 401 g/mol. The molecule has 0 saturated heterocycles. The third-order valence-electron chi connectivity index (χ3n) is 3.94. The molecule has 28 heavy (non-hydrogen) atoms. The third-order valence-corrected chi connectivity index (χ3v) is 4.18. The van der Waals surface area contributed by atoms with Gasteiger partial charge in [0, 0.05) is 11.6 Å². The van der Waals surface area contributed by atoms with Gasteiger partial charge in [-0.3, -0.25) is 4.79 Å². The highest BCUT2D eigenvalue weighted by molar-refractivity contribution is 6.31. The summed E-state index contributed by atoms with van der Waals surface area (Å²) in [6.07, 6.45) is 2.32. The summed E-state index contributed by atoms with van der Waals surface area (Å²) >= 11 is 6.07. The zero-order chi connectivity index (χ0) is 19.9. The Morgan fingerprint density at radius 2 is 2.07 bits per heavy atom. The van der Waals surface area contributed by atoms with E-state index in [2.05, 4.69) is 20.8 Å². The molecule has 1 N–H and O–H groups in total. The highest BCUT2D eigenvalue weighted by Gasteiger charge is 2.15. The van der Waals surface area contributed by atoms with Crippen LogP contribution in [-0.4, -0.2) is 39.8 Å². The Kier molecular flexibility index (Phi) is 6.44. The molecule has 3 aromatic rings. The normalized spacial score (nSPS) is 10.5. The summed E-state index contributed by atoms with van der Waals surface area (Å²) in [7, 11) is 1.58. The molecule has 0 bridgehead atoms. The minimum Gasteiger partial charge on any atom is -0.493 e. The van der Waals surface area contributed by atoms with Gasteiger partial charge in [-0.1, -0.05) is 24.6 Å². The standard InChI is InChI=1S/C19H20ClN5O3/c1-3-8-28-17-7-4-13(9-18(17)27-2)11-21-19(26)15-10-14(20)5-6-16(15)25-12-22-23-24-25/h4-7,9-10,12H,3,8,11H2,1-2H3,(H,21,26). The summed E-state index contributed by atoms with van der Waals surface area (Å²) in [5.41, 5.74) is 1.78. The number of hydrogen-bond donors (Lipinski definition) is 1. The van der Waals surface area contributed by atoms with Gasteiger partial charge in [-0.15, -0.1) is 5.10 Å². The Morgan fingerprint density at radius 1 is 1.21 bits per heavy atom. The van der Waals surface area contributed by atoms with Gasteiger partial charge in [-0.25, -0.2) is 0 Å². The van der Waals surface area contributed by atoms with Crippen molar-refractivity contribution in [1.82, 2.24) is 25.5 Å². The summed E-state index contributed by atoms with van der Waals surface area (Å²) in [6.45, 7) is 2.96. The van der Waals surface area contributed by atoms with Gasteiger partial charge in [0.15, 0.2) is 11.5 Å². The van der Waals surface area contributed by atoms with E-state index in [0.717, 1.165) is 12.0 Å². The molecular weight excluding hydrogens is 382 g/mol. The molecular formula is C19H20ClN5O3. The van der Waals surface area contributed by atoms with Crippen molar-refractivity contribution in [2.45, 2.75) is 19.9 Å². The van der Waals surface area contributed by atoms with Gasteiger partial charge < -0.3 is 14.8 Å². The zero-order valence-corrected chi connectivity index (χ0v) is 16.3. The zero-order valence-electron chi connectivity index (χ0n) is 15.6. The quantitative estimate of drug-likeness (QED) is 0.623. The van der Waals surface area contributed by atoms with E-state index in [-0.39, 0.29) is 5.91 Å². The van der Waals surface area contributed by atoms with Crippen molar-refractivity contribution in [3.05, 3.63) is 58.9 Å². The van der Waals surface area contributed by atoms with Crippen molar-refractivity contribution in [2.24, 2.45) is 0 Å². The van der Waals surface area contributed by atoms with Gasteiger partial charge in [0.05, 0.1) is 25.0 Å². The van der Waals surface area contributed by atoms with E-state index < -0.39 is 0 Å². The number of nitrogens with one attached hydrogen (secondary N) is 1. The second-order valence-corrected chi connectivity index (χ2v) is 6.37. The van der Waals surface area contributed by atoms with Crippen molar-refractivity contribution in [1.29, 1.82) is 0 Å². The highest BCUT2D eigenvalue weighted by Crippen LogP contribution is 2.28. The Labute approximate surface area is 167 Å². The maximum absolute atomic E-state index is 12.7. The average molecular weight is 402 g/mol. The molecule has 2 aromatic carbocycles. The fourth-order valence-electron chi connectivity index (χ4n) is 2.59. The van der Waals surface area contributed by atoms with Crippen LogP contribution in [0, 0.1) is 0 Å². The smallest absolute Gasteiger partial charge is 0.253 e. The molecule has 1 aromatic heterocycles. The first kappa shape index (κ1) is 19.6. The summed E-state index contributed by atoms with van der Waals surface area (Å²) in [4.78, 5) is 12.7. The predicted molar refractivity (Wildman–Crippen MR) is 104 cm³/mol. The fourth-order valence-corrected chi connectivity index (χ4v) is 2.76. The van der Waals surface area contributed by atoms with Gasteiger partial charge in [0.2, 0.25) is 0 Å². The minimum absolute atomic E-state index is 0.293. The molecule has 0 atom stereocenters. The van der Waals surface area contributed by atoms with E-state index in [1.165, 1.54) is 11.0 Å². The molecule has 0 aliphatic rings. The van der Waals surface area contributed by atoms with Crippen LogP contribution in [0.15, 0.2) is 42.7 Å². The van der Waals surface area contributed by atoms with Crippen molar-refractivity contribution >= 4 is 17.5 Å². The number of nitrogens with zero attached hydrogens (tertiary/aromatic N) is 4. The number of rotatable bonds is 8. The molecule has 9 heteroatoms. The van der Waals surface area contributed by atoms with Crippen molar-refractivity contribution in [3.63, 3.8) is 0 Å². The first-order valence-corrected chi connectivity index (χ1v) is 9.11. The number of benzene rings is 2. The van der Waals surface area contributed by atoms with Gasteiger partial charge in [-0.2, -0.15) is 4.68 Å². The lowest BCUT2D eigenvalue weighted by Crippen LogP contribution is -2.24. The van der Waals surface area contributed by atoms with Gasteiger partial charge >= 0.3 is 0 Å². The van der Waals surface area contributed by atoms with Crippen LogP contribution in [0.5, 0.6) is 11.5 Å². The van der Waals surface area contributed by atoms with E-state index in [0.29, 0.717) is 40.9 Å². The maximum atomic E-state index is 12.7. The SMILES string of the molecule is CCCOc1ccc(CNC(=O)c2cc(Cl)ccc2-n2cnnn2)cc1OC. The molecule has 1 amide bonds. The number of carbonyl (C=O) groups excluding carboxylic acids is 1. The number of methoxy groups -OCH3 is 1. The average Bonchev–Trinajstić information content (AvgIpc) is 3.25. The number of tetrazole rings is 1. The number of ether oxygens (including phenoxy) is 2. The Balaban J connectivity index is 1.75. The molecule has 0 unspecified atom stereocenters. The van der Waals surface area contributed by atoms with Crippen LogP contribution in [0.4, 0.5) is 0 Å². The Bertz CT molecular complexity index is 947. The van der Waals surface area contributed by atoms with E-state index >= 15 is 0 Å². The molecule has 0 aliphatic carbocycles. The molecule has 8 nitrogen and oxygen atoms in total. The lowest BCUT2D eigenvalue weighted by Gasteiger charge is -2.13. The van der Waals surface area contributed by atoms with Crippen LogP contribution in [0.1, 0.15) is 29.3 Å². The van der Waals surface area contributed by atoms with Crippen LogP contribution < -0.4 is 14.8 Å². The molecule has 1 heterocycles. The Hall–Kier alpha value is -3.13. The van der Waals surface area contributed by atoms with E-state index in [9.17, 15) is 4.79 Å². The largest absolute Gasteiger partial charge is 0.493 e. The van der Waals surface area contributed by atoms with Crippen LogP contribution in [-0.2, 0) is 6.54 Å². The highest BCUT2D eigenvalue weighted by atomic mass is 35.5. The summed E-state index contributed by atoms with van der Waals surface area (Å²) < 4.78 is 12.4. The molecule has 0 fully saturated rings. The predicted octanol–water partition coefficient (Wildman–Crippen LogP) is 3.04. The van der Waals surface area contributed by atoms with Gasteiger partial charge in [0.1, 0.15) is 6.33 Å². The van der Waals surface area contributed by atoms with Crippen LogP contribution in [0.3, 0.4) is 0 Å². The minimum atomic E-state index is -0.293. The van der Waals surface area contributed by atoms with Crippen molar-refractivity contribution in [2.75, 3.05) is 13.7 Å². The molecule has 0 aliphatic heterocycles. The molecule has 146 valence electrons. The van der Waals surface area contributed by atoms with Gasteiger partial charge in [0.25, 0.3) is 5.91 Å².